The maximum atomic E-state index is 11.1. The van der Waals surface area contributed by atoms with Crippen molar-refractivity contribution in [3.05, 3.63) is 10.6 Å². The van der Waals surface area contributed by atoms with Gasteiger partial charge in [-0.05, 0) is 42.9 Å². The molecule has 0 spiro atoms. The number of carboxylic acids is 1. The Morgan fingerprint density at radius 2 is 2.15 bits per heavy atom. The molecule has 2 bridgehead atoms. The highest BCUT2D eigenvalue weighted by atomic mass is 32.1. The van der Waals surface area contributed by atoms with Gasteiger partial charge in [0.05, 0.1) is 5.69 Å². The Bertz CT molecular complexity index is 561. The lowest BCUT2D eigenvalue weighted by atomic mass is 9.68. The van der Waals surface area contributed by atoms with Gasteiger partial charge >= 0.3 is 5.97 Å². The maximum absolute atomic E-state index is 11.1. The minimum atomic E-state index is -0.883. The fourth-order valence-corrected chi connectivity index (χ4v) is 5.28. The highest BCUT2D eigenvalue weighted by Crippen LogP contribution is 2.63. The third-order valence-corrected chi connectivity index (χ3v) is 6.61. The second-order valence-electron chi connectivity index (χ2n) is 7.23. The van der Waals surface area contributed by atoms with Crippen molar-refractivity contribution >= 4 is 22.4 Å². The van der Waals surface area contributed by atoms with Crippen molar-refractivity contribution in [3.8, 4) is 0 Å². The van der Waals surface area contributed by atoms with Crippen LogP contribution in [0.25, 0.3) is 0 Å². The van der Waals surface area contributed by atoms with E-state index in [4.69, 9.17) is 5.11 Å². The predicted molar refractivity (Wildman–Crippen MR) is 80.5 cm³/mol. The lowest BCUT2D eigenvalue weighted by molar-refractivity contribution is 0.0701. The maximum Gasteiger partial charge on any atom is 0.347 e. The number of hydrogen-bond donors (Lipinski definition) is 2. The topological polar surface area (TPSA) is 62.2 Å². The second-order valence-corrected chi connectivity index (χ2v) is 8.23. The molecule has 2 aliphatic carbocycles. The molecule has 1 aromatic rings. The Morgan fingerprint density at radius 3 is 2.65 bits per heavy atom. The van der Waals surface area contributed by atoms with Crippen LogP contribution < -0.4 is 5.32 Å². The molecule has 0 radical (unpaired) electrons. The second kappa shape index (κ2) is 4.20. The van der Waals surface area contributed by atoms with Crippen molar-refractivity contribution in [1.29, 1.82) is 0 Å². The molecule has 2 saturated carbocycles. The molecule has 0 aromatic carbocycles. The normalized spacial score (nSPS) is 34.4. The molecule has 0 aliphatic heterocycles. The number of aryl methyl sites for hydroxylation is 1. The Hall–Kier alpha value is -1.10. The van der Waals surface area contributed by atoms with Crippen LogP contribution in [0.4, 0.5) is 5.13 Å². The van der Waals surface area contributed by atoms with Crippen molar-refractivity contribution in [2.45, 2.75) is 53.0 Å². The first-order valence-electron chi connectivity index (χ1n) is 7.21. The quantitative estimate of drug-likeness (QED) is 0.890. The lowest BCUT2D eigenvalue weighted by Crippen LogP contribution is -2.45. The number of fused-ring (bicyclic) bond motifs is 2. The minimum absolute atomic E-state index is 0.246. The standard InChI is InChI=1S/C15H22N2O2S/c1-8-10(11(18)19)20-13(16-8)17-12-14(2,3)9-5-6-15(12,4)7-9/h9,12H,5-7H2,1-4H3,(H,16,17)(H,18,19). The summed E-state index contributed by atoms with van der Waals surface area (Å²) in [7, 11) is 0. The van der Waals surface area contributed by atoms with Crippen molar-refractivity contribution in [2.24, 2.45) is 16.7 Å². The summed E-state index contributed by atoms with van der Waals surface area (Å²) in [5.41, 5.74) is 1.17. The molecule has 2 aliphatic rings. The van der Waals surface area contributed by atoms with E-state index in [-0.39, 0.29) is 5.41 Å². The van der Waals surface area contributed by atoms with Crippen LogP contribution in [-0.2, 0) is 0 Å². The number of aromatic carboxylic acids is 1. The van der Waals surface area contributed by atoms with Crippen molar-refractivity contribution in [1.82, 2.24) is 4.98 Å². The van der Waals surface area contributed by atoms with Crippen LogP contribution in [-0.4, -0.2) is 22.1 Å². The van der Waals surface area contributed by atoms with Gasteiger partial charge in [0.15, 0.2) is 5.13 Å². The van der Waals surface area contributed by atoms with Crippen LogP contribution in [0.1, 0.15) is 55.4 Å². The first kappa shape index (κ1) is 13.9. The number of nitrogens with one attached hydrogen (secondary N) is 1. The van der Waals surface area contributed by atoms with Gasteiger partial charge in [-0.25, -0.2) is 9.78 Å². The molecule has 3 unspecified atom stereocenters. The van der Waals surface area contributed by atoms with Crippen molar-refractivity contribution in [3.63, 3.8) is 0 Å². The van der Waals surface area contributed by atoms with Crippen molar-refractivity contribution in [2.75, 3.05) is 5.32 Å². The van der Waals surface area contributed by atoms with Crippen molar-refractivity contribution < 1.29 is 9.90 Å². The Kier molecular flexibility index (Phi) is 2.91. The molecule has 0 saturated heterocycles. The molecule has 20 heavy (non-hydrogen) atoms. The SMILES string of the molecule is Cc1nc(NC2C3(C)CCC(C3)C2(C)C)sc1C(=O)O. The molecular formula is C15H22N2O2S. The van der Waals surface area contributed by atoms with E-state index in [0.29, 0.717) is 22.0 Å². The van der Waals surface area contributed by atoms with Crippen LogP contribution in [0.2, 0.25) is 0 Å². The zero-order valence-electron chi connectivity index (χ0n) is 12.5. The van der Waals surface area contributed by atoms with Gasteiger partial charge in [0, 0.05) is 6.04 Å². The van der Waals surface area contributed by atoms with E-state index in [2.05, 4.69) is 31.1 Å². The van der Waals surface area contributed by atoms with Crippen LogP contribution in [0.5, 0.6) is 0 Å². The smallest absolute Gasteiger partial charge is 0.347 e. The van der Waals surface area contributed by atoms with E-state index in [1.807, 2.05) is 0 Å². The van der Waals surface area contributed by atoms with Crippen LogP contribution in [0.3, 0.4) is 0 Å². The van der Waals surface area contributed by atoms with E-state index in [9.17, 15) is 4.79 Å². The number of anilines is 1. The largest absolute Gasteiger partial charge is 0.477 e. The Labute approximate surface area is 123 Å². The summed E-state index contributed by atoms with van der Waals surface area (Å²) < 4.78 is 0. The molecule has 5 heteroatoms. The molecule has 4 nitrogen and oxygen atoms in total. The van der Waals surface area contributed by atoms with E-state index < -0.39 is 5.97 Å². The summed E-state index contributed by atoms with van der Waals surface area (Å²) in [4.78, 5) is 15.9. The summed E-state index contributed by atoms with van der Waals surface area (Å²) >= 11 is 1.26. The van der Waals surface area contributed by atoms with E-state index in [1.54, 1.807) is 6.92 Å². The van der Waals surface area contributed by atoms with E-state index >= 15 is 0 Å². The van der Waals surface area contributed by atoms with Gasteiger partial charge in [0.25, 0.3) is 0 Å². The first-order chi connectivity index (χ1) is 9.24. The van der Waals surface area contributed by atoms with Gasteiger partial charge < -0.3 is 10.4 Å². The van der Waals surface area contributed by atoms with E-state index in [0.717, 1.165) is 11.0 Å². The summed E-state index contributed by atoms with van der Waals surface area (Å²) in [5.74, 6) is -0.114. The number of carboxylic acid groups (broad SMARTS) is 1. The van der Waals surface area contributed by atoms with Gasteiger partial charge in [-0.15, -0.1) is 0 Å². The summed E-state index contributed by atoms with van der Waals surface area (Å²) in [6.45, 7) is 8.79. The third kappa shape index (κ3) is 1.86. The Balaban J connectivity index is 1.88. The molecule has 2 fully saturated rings. The summed E-state index contributed by atoms with van der Waals surface area (Å²) in [5, 5.41) is 13.5. The fraction of sp³-hybridized carbons (Fsp3) is 0.733. The van der Waals surface area contributed by atoms with Gasteiger partial charge in [-0.2, -0.15) is 0 Å². The number of aromatic nitrogens is 1. The number of carbonyl (C=O) groups is 1. The minimum Gasteiger partial charge on any atom is -0.477 e. The molecule has 1 heterocycles. The number of rotatable bonds is 3. The molecule has 110 valence electrons. The van der Waals surface area contributed by atoms with Gasteiger partial charge in [0.2, 0.25) is 0 Å². The zero-order valence-corrected chi connectivity index (χ0v) is 13.3. The first-order valence-corrected chi connectivity index (χ1v) is 8.03. The van der Waals surface area contributed by atoms with Crippen LogP contribution in [0, 0.1) is 23.7 Å². The Morgan fingerprint density at radius 1 is 1.45 bits per heavy atom. The average Bonchev–Trinajstić information content (AvgIpc) is 2.94. The highest BCUT2D eigenvalue weighted by molar-refractivity contribution is 7.17. The molecule has 2 N–H and O–H groups in total. The number of thiazole rings is 1. The summed E-state index contributed by atoms with van der Waals surface area (Å²) in [6.07, 6.45) is 3.85. The monoisotopic (exact) mass is 294 g/mol. The molecule has 0 amide bonds. The third-order valence-electron chi connectivity index (χ3n) is 5.53. The molecule has 3 rings (SSSR count). The fourth-order valence-electron chi connectivity index (χ4n) is 4.44. The predicted octanol–water partition coefficient (Wildman–Crippen LogP) is 3.78. The molecular weight excluding hydrogens is 272 g/mol. The highest BCUT2D eigenvalue weighted by Gasteiger charge is 2.59. The van der Waals surface area contributed by atoms with Crippen LogP contribution in [0.15, 0.2) is 0 Å². The lowest BCUT2D eigenvalue weighted by Gasteiger charge is -2.43. The number of nitrogens with zero attached hydrogens (tertiary/aromatic N) is 1. The molecule has 1 aromatic heterocycles. The average molecular weight is 294 g/mol. The van der Waals surface area contributed by atoms with Crippen LogP contribution >= 0.6 is 11.3 Å². The zero-order chi connectivity index (χ0) is 14.7. The van der Waals surface area contributed by atoms with Gasteiger partial charge in [-0.3, -0.25) is 0 Å². The van der Waals surface area contributed by atoms with Gasteiger partial charge in [0.1, 0.15) is 4.88 Å². The van der Waals surface area contributed by atoms with E-state index in [1.165, 1.54) is 30.6 Å². The molecule has 3 atom stereocenters. The van der Waals surface area contributed by atoms with Gasteiger partial charge in [-0.1, -0.05) is 32.1 Å². The summed E-state index contributed by atoms with van der Waals surface area (Å²) in [6, 6.07) is 0.376. The number of hydrogen-bond acceptors (Lipinski definition) is 4.